The Hall–Kier alpha value is -3.09. The summed E-state index contributed by atoms with van der Waals surface area (Å²) in [6, 6.07) is 10.1. The molecule has 0 bridgehead atoms. The number of nitrogens with one attached hydrogen (secondary N) is 2. The molecule has 2 rings (SSSR count). The number of H-pyrrole nitrogens is 1. The standard InChI is InChI=1S/C18H21N3O4/c1-2-25-15-6-3-12(4-7-15)9-14(17(19)23)11-21-18(24)13-5-8-16(22)20-10-13/h3-8,10,14H,2,9,11H2,1H3,(H2,19,23)(H,20,22)(H,21,24)/t14-/m1/s1. The first kappa shape index (κ1) is 18.3. The summed E-state index contributed by atoms with van der Waals surface area (Å²) in [5.74, 6) is -0.650. The SMILES string of the molecule is CCOc1ccc(C[C@H](CNC(=O)c2ccc(=O)[nH]c2)C(N)=O)cc1. The lowest BCUT2D eigenvalue weighted by atomic mass is 9.98. The normalized spacial score (nSPS) is 11.6. The maximum Gasteiger partial charge on any atom is 0.252 e. The Morgan fingerprint density at radius 2 is 1.92 bits per heavy atom. The second-order valence-corrected chi connectivity index (χ2v) is 5.53. The van der Waals surface area contributed by atoms with Crippen LogP contribution in [-0.4, -0.2) is 29.9 Å². The third kappa shape index (κ3) is 5.49. The predicted octanol–water partition coefficient (Wildman–Crippen LogP) is 0.848. The number of benzene rings is 1. The van der Waals surface area contributed by atoms with Crippen LogP contribution >= 0.6 is 0 Å². The van der Waals surface area contributed by atoms with Crippen LogP contribution in [0.4, 0.5) is 0 Å². The van der Waals surface area contributed by atoms with Crippen molar-refractivity contribution in [2.75, 3.05) is 13.2 Å². The number of hydrogen-bond acceptors (Lipinski definition) is 4. The summed E-state index contributed by atoms with van der Waals surface area (Å²) in [4.78, 5) is 37.2. The summed E-state index contributed by atoms with van der Waals surface area (Å²) in [5, 5.41) is 2.67. The van der Waals surface area contributed by atoms with Gasteiger partial charge in [-0.2, -0.15) is 0 Å². The lowest BCUT2D eigenvalue weighted by Crippen LogP contribution is -2.37. The molecule has 7 heteroatoms. The molecule has 0 aliphatic carbocycles. The van der Waals surface area contributed by atoms with E-state index in [1.165, 1.54) is 18.3 Å². The van der Waals surface area contributed by atoms with Crippen molar-refractivity contribution in [1.29, 1.82) is 0 Å². The van der Waals surface area contributed by atoms with E-state index in [1.807, 2.05) is 31.2 Å². The van der Waals surface area contributed by atoms with Crippen molar-refractivity contribution < 1.29 is 14.3 Å². The van der Waals surface area contributed by atoms with Crippen LogP contribution in [0, 0.1) is 5.92 Å². The van der Waals surface area contributed by atoms with Gasteiger partial charge in [0.1, 0.15) is 5.75 Å². The smallest absolute Gasteiger partial charge is 0.252 e. The van der Waals surface area contributed by atoms with E-state index in [2.05, 4.69) is 10.3 Å². The highest BCUT2D eigenvalue weighted by Crippen LogP contribution is 2.15. The second-order valence-electron chi connectivity index (χ2n) is 5.53. The van der Waals surface area contributed by atoms with Crippen LogP contribution in [0.2, 0.25) is 0 Å². The lowest BCUT2D eigenvalue weighted by molar-refractivity contribution is -0.121. The van der Waals surface area contributed by atoms with Gasteiger partial charge in [-0.05, 0) is 37.1 Å². The van der Waals surface area contributed by atoms with E-state index < -0.39 is 11.8 Å². The third-order valence-electron chi connectivity index (χ3n) is 3.67. The number of pyridine rings is 1. The molecule has 0 spiro atoms. The Labute approximate surface area is 145 Å². The minimum absolute atomic E-state index is 0.112. The maximum absolute atomic E-state index is 12.1. The first-order valence-electron chi connectivity index (χ1n) is 7.97. The molecule has 1 heterocycles. The van der Waals surface area contributed by atoms with Crippen molar-refractivity contribution in [2.45, 2.75) is 13.3 Å². The first-order valence-corrected chi connectivity index (χ1v) is 7.97. The minimum Gasteiger partial charge on any atom is -0.494 e. The van der Waals surface area contributed by atoms with Crippen molar-refractivity contribution in [3.8, 4) is 5.75 Å². The van der Waals surface area contributed by atoms with Gasteiger partial charge in [0.05, 0.1) is 18.1 Å². The maximum atomic E-state index is 12.1. The van der Waals surface area contributed by atoms with Gasteiger partial charge < -0.3 is 20.8 Å². The van der Waals surface area contributed by atoms with E-state index in [0.29, 0.717) is 18.6 Å². The number of aromatic nitrogens is 1. The second kappa shape index (κ2) is 8.68. The zero-order valence-corrected chi connectivity index (χ0v) is 14.0. The highest BCUT2D eigenvalue weighted by atomic mass is 16.5. The van der Waals surface area contributed by atoms with E-state index in [-0.39, 0.29) is 18.0 Å². The molecular formula is C18H21N3O4. The van der Waals surface area contributed by atoms with Crippen molar-refractivity contribution >= 4 is 11.8 Å². The molecule has 0 fully saturated rings. The molecule has 0 saturated heterocycles. The molecule has 0 unspecified atom stereocenters. The van der Waals surface area contributed by atoms with Crippen LogP contribution in [0.25, 0.3) is 0 Å². The van der Waals surface area contributed by atoms with Gasteiger partial charge in [0, 0.05) is 18.8 Å². The quantitative estimate of drug-likeness (QED) is 0.659. The number of primary amides is 1. The molecule has 2 amide bonds. The topological polar surface area (TPSA) is 114 Å². The molecule has 1 aromatic carbocycles. The average Bonchev–Trinajstić information content (AvgIpc) is 2.60. The summed E-state index contributed by atoms with van der Waals surface area (Å²) < 4.78 is 5.38. The fraction of sp³-hybridized carbons (Fsp3) is 0.278. The molecule has 0 aliphatic rings. The van der Waals surface area contributed by atoms with Crippen LogP contribution < -0.4 is 21.3 Å². The average molecular weight is 343 g/mol. The Balaban J connectivity index is 1.96. The molecule has 0 radical (unpaired) electrons. The zero-order valence-electron chi connectivity index (χ0n) is 14.0. The van der Waals surface area contributed by atoms with Gasteiger partial charge in [-0.1, -0.05) is 12.1 Å². The van der Waals surface area contributed by atoms with Gasteiger partial charge >= 0.3 is 0 Å². The molecule has 25 heavy (non-hydrogen) atoms. The first-order chi connectivity index (χ1) is 12.0. The molecule has 7 nitrogen and oxygen atoms in total. The fourth-order valence-corrected chi connectivity index (χ4v) is 2.32. The van der Waals surface area contributed by atoms with Crippen LogP contribution in [0.1, 0.15) is 22.8 Å². The number of aromatic amines is 1. The van der Waals surface area contributed by atoms with Crippen molar-refractivity contribution in [3.63, 3.8) is 0 Å². The van der Waals surface area contributed by atoms with Gasteiger partial charge in [0.2, 0.25) is 11.5 Å². The molecule has 4 N–H and O–H groups in total. The molecule has 2 aromatic rings. The van der Waals surface area contributed by atoms with Gasteiger partial charge in [0.25, 0.3) is 5.91 Å². The van der Waals surface area contributed by atoms with Gasteiger partial charge in [-0.3, -0.25) is 14.4 Å². The zero-order chi connectivity index (χ0) is 18.2. The number of carbonyl (C=O) groups excluding carboxylic acids is 2. The third-order valence-corrected chi connectivity index (χ3v) is 3.67. The Bertz CT molecular complexity index is 763. The van der Waals surface area contributed by atoms with Crippen molar-refractivity contribution in [3.05, 3.63) is 64.1 Å². The molecule has 132 valence electrons. The van der Waals surface area contributed by atoms with Crippen LogP contribution in [-0.2, 0) is 11.2 Å². The molecular weight excluding hydrogens is 322 g/mol. The number of ether oxygens (including phenoxy) is 1. The highest BCUT2D eigenvalue weighted by Gasteiger charge is 2.18. The summed E-state index contributed by atoms with van der Waals surface area (Å²) in [6.45, 7) is 2.60. The molecule has 0 saturated carbocycles. The van der Waals surface area contributed by atoms with Crippen molar-refractivity contribution in [1.82, 2.24) is 10.3 Å². The van der Waals surface area contributed by atoms with Crippen molar-refractivity contribution in [2.24, 2.45) is 11.7 Å². The highest BCUT2D eigenvalue weighted by molar-refractivity contribution is 5.94. The Morgan fingerprint density at radius 1 is 1.20 bits per heavy atom. The lowest BCUT2D eigenvalue weighted by Gasteiger charge is -2.15. The van der Waals surface area contributed by atoms with Crippen LogP contribution in [0.5, 0.6) is 5.75 Å². The van der Waals surface area contributed by atoms with E-state index in [1.54, 1.807) is 0 Å². The number of carbonyl (C=O) groups is 2. The van der Waals surface area contributed by atoms with Gasteiger partial charge in [-0.15, -0.1) is 0 Å². The van der Waals surface area contributed by atoms with Crippen LogP contribution in [0.3, 0.4) is 0 Å². The van der Waals surface area contributed by atoms with E-state index in [9.17, 15) is 14.4 Å². The predicted molar refractivity (Wildman–Crippen MR) is 93.4 cm³/mol. The monoisotopic (exact) mass is 343 g/mol. The number of nitrogens with two attached hydrogens (primary N) is 1. The van der Waals surface area contributed by atoms with Gasteiger partial charge in [0.15, 0.2) is 0 Å². The van der Waals surface area contributed by atoms with E-state index in [0.717, 1.165) is 11.3 Å². The Kier molecular flexibility index (Phi) is 6.33. The summed E-state index contributed by atoms with van der Waals surface area (Å²) in [6.07, 6.45) is 1.73. The van der Waals surface area contributed by atoms with Crippen LogP contribution in [0.15, 0.2) is 47.4 Å². The summed E-state index contributed by atoms with van der Waals surface area (Å²) in [7, 11) is 0. The molecule has 0 aliphatic heterocycles. The summed E-state index contributed by atoms with van der Waals surface area (Å²) >= 11 is 0. The molecule has 1 aromatic heterocycles. The summed E-state index contributed by atoms with van der Waals surface area (Å²) in [5.41, 5.74) is 6.39. The number of hydrogen-bond donors (Lipinski definition) is 3. The van der Waals surface area contributed by atoms with E-state index in [4.69, 9.17) is 10.5 Å². The minimum atomic E-state index is -0.537. The Morgan fingerprint density at radius 3 is 2.48 bits per heavy atom. The van der Waals surface area contributed by atoms with E-state index >= 15 is 0 Å². The number of amides is 2. The van der Waals surface area contributed by atoms with Gasteiger partial charge in [-0.25, -0.2) is 0 Å². The molecule has 1 atom stereocenters. The largest absolute Gasteiger partial charge is 0.494 e. The number of rotatable bonds is 8. The fourth-order valence-electron chi connectivity index (χ4n) is 2.32.